The number of nitrogens with one attached hydrogen (secondary N) is 2. The largest absolute Gasteiger partial charge is 0.382 e. The lowest BCUT2D eigenvalue weighted by Crippen LogP contribution is -2.42. The molecule has 6 nitrogen and oxygen atoms in total. The molecule has 1 atom stereocenters. The molecule has 1 saturated heterocycles. The van der Waals surface area contributed by atoms with Crippen LogP contribution >= 0.6 is 0 Å². The minimum Gasteiger partial charge on any atom is -0.382 e. The first-order valence-corrected chi connectivity index (χ1v) is 6.81. The summed E-state index contributed by atoms with van der Waals surface area (Å²) in [7, 11) is 0. The Morgan fingerprint density at radius 3 is 3.06 bits per heavy atom. The van der Waals surface area contributed by atoms with Gasteiger partial charge in [-0.3, -0.25) is 5.43 Å². The molecule has 0 saturated carbocycles. The fourth-order valence-electron chi connectivity index (χ4n) is 1.82. The molecule has 1 unspecified atom stereocenters. The summed E-state index contributed by atoms with van der Waals surface area (Å²) in [5, 5.41) is 3.15. The number of nitrogens with zero attached hydrogens (tertiary/aromatic N) is 1. The fraction of sp³-hybridized carbons (Fsp3) is 0.917. The quantitative estimate of drug-likeness (QED) is 0.202. The summed E-state index contributed by atoms with van der Waals surface area (Å²) in [6, 6.07) is 0. The van der Waals surface area contributed by atoms with Gasteiger partial charge in [-0.25, -0.2) is 10.8 Å². The van der Waals surface area contributed by atoms with Crippen LogP contribution in [-0.4, -0.2) is 45.0 Å². The van der Waals surface area contributed by atoms with Crippen LogP contribution in [0, 0.1) is 0 Å². The number of hydrazine groups is 1. The van der Waals surface area contributed by atoms with Crippen molar-refractivity contribution >= 4 is 5.96 Å². The second kappa shape index (κ2) is 10.1. The molecular formula is C12H26N4O2. The third kappa shape index (κ3) is 6.78. The Morgan fingerprint density at radius 2 is 2.39 bits per heavy atom. The van der Waals surface area contributed by atoms with Crippen molar-refractivity contribution in [3.8, 4) is 0 Å². The Morgan fingerprint density at radius 1 is 1.50 bits per heavy atom. The summed E-state index contributed by atoms with van der Waals surface area (Å²) in [5.74, 6) is 6.04. The van der Waals surface area contributed by atoms with Crippen molar-refractivity contribution in [2.24, 2.45) is 10.8 Å². The van der Waals surface area contributed by atoms with Crippen molar-refractivity contribution < 1.29 is 9.47 Å². The van der Waals surface area contributed by atoms with Gasteiger partial charge in [-0.2, -0.15) is 0 Å². The van der Waals surface area contributed by atoms with Gasteiger partial charge in [-0.15, -0.1) is 0 Å². The SMILES string of the molecule is CCOCCCNC(=NCC1CCCCO1)NN. The summed E-state index contributed by atoms with van der Waals surface area (Å²) in [6.45, 7) is 5.83. The van der Waals surface area contributed by atoms with Gasteiger partial charge in [0.05, 0.1) is 12.6 Å². The second-order valence-electron chi connectivity index (χ2n) is 4.30. The van der Waals surface area contributed by atoms with Gasteiger partial charge in [0, 0.05) is 26.4 Å². The van der Waals surface area contributed by atoms with Gasteiger partial charge in [-0.05, 0) is 32.6 Å². The van der Waals surface area contributed by atoms with E-state index in [1.54, 1.807) is 0 Å². The predicted octanol–water partition coefficient (Wildman–Crippen LogP) is 0.391. The molecule has 18 heavy (non-hydrogen) atoms. The Balaban J connectivity index is 2.13. The Hall–Kier alpha value is -0.850. The van der Waals surface area contributed by atoms with E-state index >= 15 is 0 Å². The smallest absolute Gasteiger partial charge is 0.205 e. The minimum absolute atomic E-state index is 0.243. The van der Waals surface area contributed by atoms with Crippen molar-refractivity contribution in [2.45, 2.75) is 38.7 Å². The molecule has 0 aromatic carbocycles. The lowest BCUT2D eigenvalue weighted by Gasteiger charge is -2.21. The van der Waals surface area contributed by atoms with Crippen LogP contribution in [0.5, 0.6) is 0 Å². The number of hydrogen-bond acceptors (Lipinski definition) is 4. The van der Waals surface area contributed by atoms with E-state index in [-0.39, 0.29) is 6.10 Å². The average Bonchev–Trinajstić information content (AvgIpc) is 2.43. The highest BCUT2D eigenvalue weighted by Gasteiger charge is 2.13. The average molecular weight is 258 g/mol. The summed E-state index contributed by atoms with van der Waals surface area (Å²) in [5.41, 5.74) is 2.58. The van der Waals surface area contributed by atoms with Crippen molar-refractivity contribution in [2.75, 3.05) is 32.9 Å². The third-order valence-corrected chi connectivity index (χ3v) is 2.83. The van der Waals surface area contributed by atoms with Gasteiger partial charge in [0.15, 0.2) is 0 Å². The molecule has 0 amide bonds. The van der Waals surface area contributed by atoms with E-state index in [9.17, 15) is 0 Å². The van der Waals surface area contributed by atoms with E-state index in [1.807, 2.05) is 6.92 Å². The van der Waals surface area contributed by atoms with Gasteiger partial charge in [0.25, 0.3) is 0 Å². The standard InChI is InChI=1S/C12H26N4O2/c1-2-17-8-5-7-14-12(16-13)15-10-11-6-3-4-9-18-11/h11H,2-10,13H2,1H3,(H2,14,15,16). The van der Waals surface area contributed by atoms with E-state index in [0.29, 0.717) is 12.5 Å². The molecule has 1 aliphatic heterocycles. The number of hydrogen-bond donors (Lipinski definition) is 3. The maximum Gasteiger partial charge on any atom is 0.205 e. The molecule has 1 aliphatic rings. The first-order chi connectivity index (χ1) is 8.86. The summed E-state index contributed by atoms with van der Waals surface area (Å²) in [4.78, 5) is 4.39. The number of ether oxygens (including phenoxy) is 2. The minimum atomic E-state index is 0.243. The zero-order chi connectivity index (χ0) is 13.1. The van der Waals surface area contributed by atoms with Crippen molar-refractivity contribution in [3.05, 3.63) is 0 Å². The van der Waals surface area contributed by atoms with Crippen LogP contribution in [0.25, 0.3) is 0 Å². The van der Waals surface area contributed by atoms with Crippen molar-refractivity contribution in [1.29, 1.82) is 0 Å². The molecule has 106 valence electrons. The summed E-state index contributed by atoms with van der Waals surface area (Å²) >= 11 is 0. The van der Waals surface area contributed by atoms with Gasteiger partial charge in [0.2, 0.25) is 5.96 Å². The molecule has 1 rings (SSSR count). The molecule has 0 spiro atoms. The highest BCUT2D eigenvalue weighted by atomic mass is 16.5. The predicted molar refractivity (Wildman–Crippen MR) is 72.3 cm³/mol. The van der Waals surface area contributed by atoms with Gasteiger partial charge in [0.1, 0.15) is 0 Å². The Labute approximate surface area is 109 Å². The normalized spacial score (nSPS) is 20.8. The maximum absolute atomic E-state index is 5.61. The fourth-order valence-corrected chi connectivity index (χ4v) is 1.82. The van der Waals surface area contributed by atoms with E-state index in [2.05, 4.69) is 15.7 Å². The van der Waals surface area contributed by atoms with E-state index < -0.39 is 0 Å². The Bertz CT molecular complexity index is 230. The maximum atomic E-state index is 5.61. The van der Waals surface area contributed by atoms with Crippen LogP contribution < -0.4 is 16.6 Å². The Kier molecular flexibility index (Phi) is 8.54. The molecule has 0 radical (unpaired) electrons. The van der Waals surface area contributed by atoms with Crippen LogP contribution in [0.3, 0.4) is 0 Å². The van der Waals surface area contributed by atoms with Crippen LogP contribution in [0.2, 0.25) is 0 Å². The second-order valence-corrected chi connectivity index (χ2v) is 4.30. The van der Waals surface area contributed by atoms with Crippen LogP contribution in [0.15, 0.2) is 4.99 Å². The van der Waals surface area contributed by atoms with E-state index in [1.165, 1.54) is 6.42 Å². The molecule has 0 aromatic rings. The molecular weight excluding hydrogens is 232 g/mol. The summed E-state index contributed by atoms with van der Waals surface area (Å²) < 4.78 is 10.9. The summed E-state index contributed by atoms with van der Waals surface area (Å²) in [6.07, 6.45) is 4.66. The number of aliphatic imine (C=N–C) groups is 1. The molecule has 0 bridgehead atoms. The molecule has 4 N–H and O–H groups in total. The van der Waals surface area contributed by atoms with Gasteiger partial charge < -0.3 is 14.8 Å². The van der Waals surface area contributed by atoms with Crippen LogP contribution in [-0.2, 0) is 9.47 Å². The number of nitrogens with two attached hydrogens (primary N) is 1. The topological polar surface area (TPSA) is 80.9 Å². The highest BCUT2D eigenvalue weighted by molar-refractivity contribution is 5.79. The van der Waals surface area contributed by atoms with Crippen molar-refractivity contribution in [3.63, 3.8) is 0 Å². The zero-order valence-electron chi connectivity index (χ0n) is 11.3. The van der Waals surface area contributed by atoms with E-state index in [0.717, 1.165) is 45.6 Å². The molecule has 1 fully saturated rings. The molecule has 1 heterocycles. The number of rotatable bonds is 7. The highest BCUT2D eigenvalue weighted by Crippen LogP contribution is 2.12. The first kappa shape index (κ1) is 15.2. The van der Waals surface area contributed by atoms with Gasteiger partial charge in [-0.1, -0.05) is 0 Å². The van der Waals surface area contributed by atoms with Crippen molar-refractivity contribution in [1.82, 2.24) is 10.7 Å². The van der Waals surface area contributed by atoms with Gasteiger partial charge >= 0.3 is 0 Å². The third-order valence-electron chi connectivity index (χ3n) is 2.83. The zero-order valence-corrected chi connectivity index (χ0v) is 11.3. The van der Waals surface area contributed by atoms with Crippen LogP contribution in [0.1, 0.15) is 32.6 Å². The molecule has 0 aliphatic carbocycles. The first-order valence-electron chi connectivity index (χ1n) is 6.81. The molecule has 0 aromatic heterocycles. The monoisotopic (exact) mass is 258 g/mol. The van der Waals surface area contributed by atoms with E-state index in [4.69, 9.17) is 15.3 Å². The number of guanidine groups is 1. The lowest BCUT2D eigenvalue weighted by molar-refractivity contribution is 0.0224. The molecule has 6 heteroatoms. The lowest BCUT2D eigenvalue weighted by atomic mass is 10.1. The van der Waals surface area contributed by atoms with Crippen LogP contribution in [0.4, 0.5) is 0 Å².